The second-order valence-electron chi connectivity index (χ2n) is 7.88. The SMILES string of the molecule is CC(C)OC(CC12CC3CC(CC(C3)C1)C2)OC(=O)CO. The van der Waals surface area contributed by atoms with Gasteiger partial charge in [0.2, 0.25) is 6.29 Å². The fourth-order valence-electron chi connectivity index (χ4n) is 5.50. The molecular formula is C17H28O4. The van der Waals surface area contributed by atoms with Gasteiger partial charge in [0, 0.05) is 6.42 Å². The molecule has 0 aromatic heterocycles. The molecule has 0 aliphatic heterocycles. The fourth-order valence-corrected chi connectivity index (χ4v) is 5.50. The first-order valence-corrected chi connectivity index (χ1v) is 8.44. The largest absolute Gasteiger partial charge is 0.434 e. The molecule has 4 fully saturated rings. The van der Waals surface area contributed by atoms with E-state index in [1.165, 1.54) is 38.5 Å². The van der Waals surface area contributed by atoms with Crippen molar-refractivity contribution in [1.82, 2.24) is 0 Å². The average Bonchev–Trinajstić information content (AvgIpc) is 2.35. The highest BCUT2D eigenvalue weighted by Crippen LogP contribution is 2.61. The normalized spacial score (nSPS) is 38.8. The molecule has 0 spiro atoms. The lowest BCUT2D eigenvalue weighted by molar-refractivity contribution is -0.206. The third kappa shape index (κ3) is 3.42. The van der Waals surface area contributed by atoms with E-state index >= 15 is 0 Å². The average molecular weight is 296 g/mol. The van der Waals surface area contributed by atoms with Gasteiger partial charge >= 0.3 is 5.97 Å². The summed E-state index contributed by atoms with van der Waals surface area (Å²) in [6.45, 7) is 3.35. The number of carbonyl (C=O) groups is 1. The molecule has 0 aromatic rings. The Labute approximate surface area is 127 Å². The maximum absolute atomic E-state index is 11.4. The molecule has 4 bridgehead atoms. The smallest absolute Gasteiger partial charge is 0.334 e. The van der Waals surface area contributed by atoms with Crippen LogP contribution >= 0.6 is 0 Å². The van der Waals surface area contributed by atoms with E-state index < -0.39 is 18.9 Å². The Bertz CT molecular complexity index is 355. The zero-order valence-corrected chi connectivity index (χ0v) is 13.2. The molecule has 4 nitrogen and oxygen atoms in total. The van der Waals surface area contributed by atoms with Crippen LogP contribution < -0.4 is 0 Å². The quantitative estimate of drug-likeness (QED) is 0.605. The highest BCUT2D eigenvalue weighted by atomic mass is 16.7. The third-order valence-corrected chi connectivity index (χ3v) is 5.58. The summed E-state index contributed by atoms with van der Waals surface area (Å²) in [7, 11) is 0. The summed E-state index contributed by atoms with van der Waals surface area (Å²) in [6, 6.07) is 0. The Morgan fingerprint density at radius 1 is 1.14 bits per heavy atom. The van der Waals surface area contributed by atoms with Crippen LogP contribution in [0.15, 0.2) is 0 Å². The standard InChI is InChI=1S/C17H28O4/c1-11(2)20-16(21-15(19)10-18)9-17-6-12-3-13(7-17)5-14(4-12)8-17/h11-14,16,18H,3-10H2,1-2H3. The van der Waals surface area contributed by atoms with Crippen molar-refractivity contribution < 1.29 is 19.4 Å². The van der Waals surface area contributed by atoms with Crippen molar-refractivity contribution in [3.05, 3.63) is 0 Å². The molecule has 4 heteroatoms. The minimum Gasteiger partial charge on any atom is -0.434 e. The molecule has 4 aliphatic rings. The number of esters is 1. The van der Waals surface area contributed by atoms with Crippen LogP contribution in [0.1, 0.15) is 58.8 Å². The fraction of sp³-hybridized carbons (Fsp3) is 0.941. The monoisotopic (exact) mass is 296 g/mol. The van der Waals surface area contributed by atoms with Crippen LogP contribution in [0.3, 0.4) is 0 Å². The second kappa shape index (κ2) is 5.88. The Kier molecular flexibility index (Phi) is 4.28. The van der Waals surface area contributed by atoms with Gasteiger partial charge in [-0.25, -0.2) is 4.79 Å². The van der Waals surface area contributed by atoms with E-state index in [9.17, 15) is 4.79 Å². The Morgan fingerprint density at radius 2 is 1.67 bits per heavy atom. The highest BCUT2D eigenvalue weighted by Gasteiger charge is 2.51. The minimum absolute atomic E-state index is 0.0235. The summed E-state index contributed by atoms with van der Waals surface area (Å²) in [5.74, 6) is 2.06. The lowest BCUT2D eigenvalue weighted by Gasteiger charge is -2.57. The number of hydrogen-bond acceptors (Lipinski definition) is 4. The van der Waals surface area contributed by atoms with Crippen LogP contribution in [0.5, 0.6) is 0 Å². The van der Waals surface area contributed by atoms with Gasteiger partial charge in [0.05, 0.1) is 6.10 Å². The molecule has 120 valence electrons. The van der Waals surface area contributed by atoms with Crippen LogP contribution in [0, 0.1) is 23.2 Å². The Balaban J connectivity index is 1.68. The van der Waals surface area contributed by atoms with Gasteiger partial charge in [0.1, 0.15) is 6.61 Å². The number of carbonyl (C=O) groups excluding carboxylic acids is 1. The number of aliphatic hydroxyl groups excluding tert-OH is 1. The van der Waals surface area contributed by atoms with Gasteiger partial charge in [-0.05, 0) is 75.5 Å². The lowest BCUT2D eigenvalue weighted by atomic mass is 9.49. The van der Waals surface area contributed by atoms with Gasteiger partial charge in [-0.15, -0.1) is 0 Å². The maximum atomic E-state index is 11.4. The van der Waals surface area contributed by atoms with E-state index in [4.69, 9.17) is 14.6 Å². The van der Waals surface area contributed by atoms with Crippen LogP contribution in [0.4, 0.5) is 0 Å². The molecular weight excluding hydrogens is 268 g/mol. The van der Waals surface area contributed by atoms with E-state index in [-0.39, 0.29) is 6.10 Å². The number of aliphatic hydroxyl groups is 1. The van der Waals surface area contributed by atoms with Gasteiger partial charge in [-0.2, -0.15) is 0 Å². The first kappa shape index (κ1) is 15.3. The minimum atomic E-state index is -0.578. The van der Waals surface area contributed by atoms with Crippen molar-refractivity contribution in [3.63, 3.8) is 0 Å². The molecule has 4 rings (SSSR count). The van der Waals surface area contributed by atoms with Crippen LogP contribution in [-0.4, -0.2) is 30.1 Å². The van der Waals surface area contributed by atoms with Gasteiger partial charge < -0.3 is 14.6 Å². The van der Waals surface area contributed by atoms with Crippen molar-refractivity contribution in [2.75, 3.05) is 6.61 Å². The van der Waals surface area contributed by atoms with Crippen molar-refractivity contribution >= 4 is 5.97 Å². The predicted molar refractivity (Wildman–Crippen MR) is 78.4 cm³/mol. The first-order valence-electron chi connectivity index (χ1n) is 8.44. The molecule has 0 aromatic carbocycles. The van der Waals surface area contributed by atoms with Crippen LogP contribution in [-0.2, 0) is 14.3 Å². The number of rotatable bonds is 6. The van der Waals surface area contributed by atoms with Crippen molar-refractivity contribution in [1.29, 1.82) is 0 Å². The predicted octanol–water partition coefficient (Wildman–Crippen LogP) is 2.88. The van der Waals surface area contributed by atoms with Gasteiger partial charge in [-0.3, -0.25) is 0 Å². The third-order valence-electron chi connectivity index (χ3n) is 5.58. The maximum Gasteiger partial charge on any atom is 0.334 e. The molecule has 0 saturated heterocycles. The molecule has 0 radical (unpaired) electrons. The molecule has 4 saturated carbocycles. The van der Waals surface area contributed by atoms with Crippen LogP contribution in [0.2, 0.25) is 0 Å². The summed E-state index contributed by atoms with van der Waals surface area (Å²) in [4.78, 5) is 11.4. The zero-order chi connectivity index (χ0) is 15.0. The zero-order valence-electron chi connectivity index (χ0n) is 13.2. The van der Waals surface area contributed by atoms with Gasteiger partial charge in [0.15, 0.2) is 0 Å². The van der Waals surface area contributed by atoms with E-state index in [1.807, 2.05) is 13.8 Å². The highest BCUT2D eigenvalue weighted by molar-refractivity contribution is 5.70. The van der Waals surface area contributed by atoms with Crippen molar-refractivity contribution in [2.24, 2.45) is 23.2 Å². The molecule has 1 N–H and O–H groups in total. The van der Waals surface area contributed by atoms with Crippen molar-refractivity contribution in [2.45, 2.75) is 71.2 Å². The molecule has 0 heterocycles. The Hall–Kier alpha value is -0.610. The topological polar surface area (TPSA) is 55.8 Å². The van der Waals surface area contributed by atoms with E-state index in [0.29, 0.717) is 5.41 Å². The van der Waals surface area contributed by atoms with Crippen LogP contribution in [0.25, 0.3) is 0 Å². The van der Waals surface area contributed by atoms with E-state index in [1.54, 1.807) is 0 Å². The molecule has 1 unspecified atom stereocenters. The number of hydrogen-bond donors (Lipinski definition) is 1. The molecule has 21 heavy (non-hydrogen) atoms. The summed E-state index contributed by atoms with van der Waals surface area (Å²) in [5.41, 5.74) is 0.310. The lowest BCUT2D eigenvalue weighted by Crippen LogP contribution is -2.48. The second-order valence-corrected chi connectivity index (χ2v) is 7.88. The molecule has 1 atom stereocenters. The Morgan fingerprint density at radius 3 is 2.10 bits per heavy atom. The summed E-state index contributed by atoms with van der Waals surface area (Å²) >= 11 is 0. The summed E-state index contributed by atoms with van der Waals surface area (Å²) in [5, 5.41) is 8.92. The van der Waals surface area contributed by atoms with E-state index in [2.05, 4.69) is 0 Å². The molecule has 4 aliphatic carbocycles. The van der Waals surface area contributed by atoms with E-state index in [0.717, 1.165) is 24.2 Å². The molecule has 0 amide bonds. The number of ether oxygens (including phenoxy) is 2. The summed E-state index contributed by atoms with van der Waals surface area (Å²) in [6.07, 6.45) is 8.37. The van der Waals surface area contributed by atoms with Gasteiger partial charge in [-0.1, -0.05) is 0 Å². The summed E-state index contributed by atoms with van der Waals surface area (Å²) < 4.78 is 11.1. The van der Waals surface area contributed by atoms with Gasteiger partial charge in [0.25, 0.3) is 0 Å². The first-order chi connectivity index (χ1) is 9.98. The van der Waals surface area contributed by atoms with Crippen molar-refractivity contribution in [3.8, 4) is 0 Å².